The van der Waals surface area contributed by atoms with Crippen molar-refractivity contribution in [2.24, 2.45) is 5.73 Å². The Kier molecular flexibility index (Phi) is 4.66. The molecule has 0 saturated carbocycles. The molecule has 2 aromatic carbocycles. The number of hydrogen-bond donors (Lipinski definition) is 1. The Labute approximate surface area is 113 Å². The Balaban J connectivity index is 2.14. The van der Waals surface area contributed by atoms with E-state index in [-0.39, 0.29) is 11.9 Å². The molecule has 2 N–H and O–H groups in total. The summed E-state index contributed by atoms with van der Waals surface area (Å²) in [4.78, 5) is 2.08. The molecule has 0 aliphatic carbocycles. The summed E-state index contributed by atoms with van der Waals surface area (Å²) >= 11 is 0. The minimum atomic E-state index is -0.168. The summed E-state index contributed by atoms with van der Waals surface area (Å²) in [6.45, 7) is 1.05. The van der Waals surface area contributed by atoms with E-state index in [2.05, 4.69) is 17.0 Å². The van der Waals surface area contributed by atoms with Crippen molar-refractivity contribution in [2.45, 2.75) is 12.6 Å². The number of hydrogen-bond acceptors (Lipinski definition) is 2. The van der Waals surface area contributed by atoms with Crippen molar-refractivity contribution < 1.29 is 4.39 Å². The third kappa shape index (κ3) is 3.40. The molecule has 0 fully saturated rings. The van der Waals surface area contributed by atoms with Gasteiger partial charge in [-0.3, -0.25) is 4.90 Å². The molecule has 1 atom stereocenters. The zero-order valence-corrected chi connectivity index (χ0v) is 11.1. The van der Waals surface area contributed by atoms with E-state index in [4.69, 9.17) is 5.73 Å². The second-order valence-electron chi connectivity index (χ2n) is 4.67. The monoisotopic (exact) mass is 258 g/mol. The van der Waals surface area contributed by atoms with Crippen LogP contribution in [0.25, 0.3) is 0 Å². The molecule has 0 spiro atoms. The van der Waals surface area contributed by atoms with E-state index in [1.807, 2.05) is 37.4 Å². The Morgan fingerprint density at radius 2 is 1.68 bits per heavy atom. The SMILES string of the molecule is CN(Cc1ccccc1F)C(CN)c1ccccc1. The molecule has 0 aliphatic heterocycles. The number of benzene rings is 2. The average molecular weight is 258 g/mol. The summed E-state index contributed by atoms with van der Waals surface area (Å²) in [5.41, 5.74) is 7.71. The fraction of sp³-hybridized carbons (Fsp3) is 0.250. The maximum absolute atomic E-state index is 13.7. The summed E-state index contributed by atoms with van der Waals surface area (Å²) in [6.07, 6.45) is 0. The lowest BCUT2D eigenvalue weighted by molar-refractivity contribution is 0.238. The summed E-state index contributed by atoms with van der Waals surface area (Å²) < 4.78 is 13.7. The lowest BCUT2D eigenvalue weighted by Crippen LogP contribution is -2.30. The average Bonchev–Trinajstić information content (AvgIpc) is 2.43. The van der Waals surface area contributed by atoms with Crippen molar-refractivity contribution in [1.82, 2.24) is 4.90 Å². The highest BCUT2D eigenvalue weighted by atomic mass is 19.1. The maximum atomic E-state index is 13.7. The van der Waals surface area contributed by atoms with Crippen molar-refractivity contribution in [1.29, 1.82) is 0 Å². The highest BCUT2D eigenvalue weighted by Gasteiger charge is 2.16. The van der Waals surface area contributed by atoms with Crippen LogP contribution in [-0.2, 0) is 6.54 Å². The molecule has 1 unspecified atom stereocenters. The summed E-state index contributed by atoms with van der Waals surface area (Å²) in [6, 6.07) is 17.0. The van der Waals surface area contributed by atoms with Crippen LogP contribution in [0.3, 0.4) is 0 Å². The maximum Gasteiger partial charge on any atom is 0.127 e. The lowest BCUT2D eigenvalue weighted by Gasteiger charge is -2.27. The second-order valence-corrected chi connectivity index (χ2v) is 4.67. The fourth-order valence-corrected chi connectivity index (χ4v) is 2.25. The first kappa shape index (κ1) is 13.7. The predicted octanol–water partition coefficient (Wildman–Crippen LogP) is 2.96. The molecule has 2 aromatic rings. The quantitative estimate of drug-likeness (QED) is 0.893. The van der Waals surface area contributed by atoms with Gasteiger partial charge in [0.25, 0.3) is 0 Å². The van der Waals surface area contributed by atoms with Crippen molar-refractivity contribution >= 4 is 0 Å². The van der Waals surface area contributed by atoms with Gasteiger partial charge in [-0.15, -0.1) is 0 Å². The molecule has 100 valence electrons. The predicted molar refractivity (Wildman–Crippen MR) is 76.1 cm³/mol. The molecular formula is C16H19FN2. The number of rotatable bonds is 5. The van der Waals surface area contributed by atoms with Crippen molar-refractivity contribution in [2.75, 3.05) is 13.6 Å². The first-order valence-corrected chi connectivity index (χ1v) is 6.41. The Morgan fingerprint density at radius 1 is 1.05 bits per heavy atom. The van der Waals surface area contributed by atoms with Gasteiger partial charge >= 0.3 is 0 Å². The van der Waals surface area contributed by atoms with Crippen molar-refractivity contribution in [3.8, 4) is 0 Å². The van der Waals surface area contributed by atoms with Crippen LogP contribution in [0, 0.1) is 5.82 Å². The Hall–Kier alpha value is -1.71. The van der Waals surface area contributed by atoms with E-state index in [0.717, 1.165) is 5.56 Å². The van der Waals surface area contributed by atoms with Crippen LogP contribution in [0.15, 0.2) is 54.6 Å². The third-order valence-corrected chi connectivity index (χ3v) is 3.32. The van der Waals surface area contributed by atoms with Crippen molar-refractivity contribution in [3.05, 3.63) is 71.5 Å². The van der Waals surface area contributed by atoms with Crippen LogP contribution in [0.2, 0.25) is 0 Å². The highest BCUT2D eigenvalue weighted by molar-refractivity contribution is 5.21. The van der Waals surface area contributed by atoms with Crippen molar-refractivity contribution in [3.63, 3.8) is 0 Å². The molecule has 2 nitrogen and oxygen atoms in total. The van der Waals surface area contributed by atoms with Crippen LogP contribution in [0.1, 0.15) is 17.2 Å². The van der Waals surface area contributed by atoms with Gasteiger partial charge in [0.1, 0.15) is 5.82 Å². The molecule has 0 bridgehead atoms. The summed E-state index contributed by atoms with van der Waals surface area (Å²) in [7, 11) is 1.97. The molecule has 0 aliphatic rings. The van der Waals surface area contributed by atoms with E-state index >= 15 is 0 Å². The van der Waals surface area contributed by atoms with Crippen LogP contribution in [0.4, 0.5) is 4.39 Å². The van der Waals surface area contributed by atoms with Gasteiger partial charge in [-0.1, -0.05) is 48.5 Å². The van der Waals surface area contributed by atoms with Gasteiger partial charge in [-0.25, -0.2) is 4.39 Å². The topological polar surface area (TPSA) is 29.3 Å². The first-order chi connectivity index (χ1) is 9.22. The molecule has 0 radical (unpaired) electrons. The minimum Gasteiger partial charge on any atom is -0.329 e. The molecule has 0 aromatic heterocycles. The van der Waals surface area contributed by atoms with E-state index < -0.39 is 0 Å². The molecule has 0 saturated heterocycles. The molecule has 2 rings (SSSR count). The standard InChI is InChI=1S/C16H19FN2/c1-19(12-14-9-5-6-10-15(14)17)16(11-18)13-7-3-2-4-8-13/h2-10,16H,11-12,18H2,1H3. The normalized spacial score (nSPS) is 12.6. The molecular weight excluding hydrogens is 239 g/mol. The van der Waals surface area contributed by atoms with Gasteiger partial charge in [0.15, 0.2) is 0 Å². The van der Waals surface area contributed by atoms with Crippen LogP contribution in [0.5, 0.6) is 0 Å². The largest absolute Gasteiger partial charge is 0.329 e. The number of nitrogens with two attached hydrogens (primary N) is 1. The second kappa shape index (κ2) is 6.45. The van der Waals surface area contributed by atoms with Crippen LogP contribution < -0.4 is 5.73 Å². The minimum absolute atomic E-state index is 0.0980. The van der Waals surface area contributed by atoms with Gasteiger partial charge in [-0.05, 0) is 18.7 Å². The first-order valence-electron chi connectivity index (χ1n) is 6.41. The fourth-order valence-electron chi connectivity index (χ4n) is 2.25. The van der Waals surface area contributed by atoms with Gasteiger partial charge < -0.3 is 5.73 Å². The van der Waals surface area contributed by atoms with Gasteiger partial charge in [0, 0.05) is 24.7 Å². The molecule has 3 heteroatoms. The number of halogens is 1. The van der Waals surface area contributed by atoms with Gasteiger partial charge in [0.2, 0.25) is 0 Å². The van der Waals surface area contributed by atoms with E-state index in [0.29, 0.717) is 18.7 Å². The molecule has 0 amide bonds. The molecule has 0 heterocycles. The summed E-state index contributed by atoms with van der Waals surface area (Å²) in [5, 5.41) is 0. The third-order valence-electron chi connectivity index (χ3n) is 3.32. The lowest BCUT2D eigenvalue weighted by atomic mass is 10.0. The highest BCUT2D eigenvalue weighted by Crippen LogP contribution is 2.20. The molecule has 19 heavy (non-hydrogen) atoms. The van der Waals surface area contributed by atoms with Crippen LogP contribution >= 0.6 is 0 Å². The van der Waals surface area contributed by atoms with Crippen LogP contribution in [-0.4, -0.2) is 18.5 Å². The Morgan fingerprint density at radius 3 is 2.32 bits per heavy atom. The van der Waals surface area contributed by atoms with E-state index in [1.165, 1.54) is 6.07 Å². The number of likely N-dealkylation sites (N-methyl/N-ethyl adjacent to an activating group) is 1. The Bertz CT molecular complexity index is 513. The number of nitrogens with zero attached hydrogens (tertiary/aromatic N) is 1. The van der Waals surface area contributed by atoms with Gasteiger partial charge in [-0.2, -0.15) is 0 Å². The zero-order valence-electron chi connectivity index (χ0n) is 11.1. The smallest absolute Gasteiger partial charge is 0.127 e. The van der Waals surface area contributed by atoms with E-state index in [1.54, 1.807) is 6.07 Å². The zero-order chi connectivity index (χ0) is 13.7. The summed E-state index contributed by atoms with van der Waals surface area (Å²) in [5.74, 6) is -0.168. The van der Waals surface area contributed by atoms with E-state index in [9.17, 15) is 4.39 Å². The van der Waals surface area contributed by atoms with Gasteiger partial charge in [0.05, 0.1) is 0 Å².